The minimum Gasteiger partial charge on any atom is -0.456 e. The van der Waals surface area contributed by atoms with Gasteiger partial charge in [-0.3, -0.25) is 18.6 Å². The summed E-state index contributed by atoms with van der Waals surface area (Å²) in [6, 6.07) is -0.852. The van der Waals surface area contributed by atoms with Crippen molar-refractivity contribution >= 4 is 19.7 Å². The van der Waals surface area contributed by atoms with E-state index < -0.39 is 20.0 Å². The minimum absolute atomic E-state index is 0.0390. The van der Waals surface area contributed by atoms with Gasteiger partial charge in [0.15, 0.2) is 0 Å². The van der Waals surface area contributed by atoms with Crippen LogP contribution >= 0.6 is 7.82 Å². The summed E-state index contributed by atoms with van der Waals surface area (Å²) in [4.78, 5) is 37.8. The summed E-state index contributed by atoms with van der Waals surface area (Å²) in [5.74, 6) is -0.507. The summed E-state index contributed by atoms with van der Waals surface area (Å²) < 4.78 is 30.7. The fourth-order valence-corrected chi connectivity index (χ4v) is 10.00. The van der Waals surface area contributed by atoms with Crippen molar-refractivity contribution < 1.29 is 37.3 Å². The first-order valence-corrected chi connectivity index (χ1v) is 33.5. The van der Waals surface area contributed by atoms with Crippen LogP contribution in [-0.2, 0) is 27.9 Å². The lowest BCUT2D eigenvalue weighted by Crippen LogP contribution is -2.47. The largest absolute Gasteiger partial charge is 0.472 e. The summed E-state index contributed by atoms with van der Waals surface area (Å²) in [6.45, 7) is 7.01. The molecule has 0 aromatic carbocycles. The molecular formula is C65H124N2O7P+. The van der Waals surface area contributed by atoms with E-state index in [9.17, 15) is 19.0 Å². The average Bonchev–Trinajstić information content (AvgIpc) is 3.37. The van der Waals surface area contributed by atoms with Crippen LogP contribution in [-0.4, -0.2) is 74.3 Å². The topological polar surface area (TPSA) is 111 Å². The van der Waals surface area contributed by atoms with Crippen LogP contribution in [0.4, 0.5) is 0 Å². The van der Waals surface area contributed by atoms with E-state index in [0.717, 1.165) is 77.0 Å². The van der Waals surface area contributed by atoms with Crippen molar-refractivity contribution in [2.75, 3.05) is 40.9 Å². The van der Waals surface area contributed by atoms with Gasteiger partial charge in [0.1, 0.15) is 19.3 Å². The predicted molar refractivity (Wildman–Crippen MR) is 323 cm³/mol. The molecule has 0 aromatic heterocycles. The molecule has 0 fully saturated rings. The number of nitrogens with one attached hydrogen (secondary N) is 1. The van der Waals surface area contributed by atoms with Gasteiger partial charge >= 0.3 is 13.8 Å². The highest BCUT2D eigenvalue weighted by atomic mass is 31.2. The third-order valence-electron chi connectivity index (χ3n) is 14.2. The molecule has 3 unspecified atom stereocenters. The van der Waals surface area contributed by atoms with Crippen LogP contribution in [0.25, 0.3) is 0 Å². The van der Waals surface area contributed by atoms with Crippen LogP contribution in [0, 0.1) is 0 Å². The summed E-state index contributed by atoms with van der Waals surface area (Å²) in [7, 11) is 1.50. The zero-order valence-corrected chi connectivity index (χ0v) is 51.2. The van der Waals surface area contributed by atoms with E-state index >= 15 is 0 Å². The Morgan fingerprint density at radius 2 is 0.813 bits per heavy atom. The van der Waals surface area contributed by atoms with Gasteiger partial charge in [0.2, 0.25) is 5.91 Å². The average molecular weight is 1080 g/mol. The minimum atomic E-state index is -4.45. The second-order valence-corrected chi connectivity index (χ2v) is 24.4. The van der Waals surface area contributed by atoms with Gasteiger partial charge in [-0.15, -0.1) is 0 Å². The molecule has 10 heteroatoms. The van der Waals surface area contributed by atoms with Gasteiger partial charge < -0.3 is 19.4 Å². The Balaban J connectivity index is 5.26. The van der Waals surface area contributed by atoms with Crippen molar-refractivity contribution in [2.24, 2.45) is 0 Å². The number of hydrogen-bond acceptors (Lipinski definition) is 6. The van der Waals surface area contributed by atoms with E-state index in [1.165, 1.54) is 193 Å². The second-order valence-electron chi connectivity index (χ2n) is 22.9. The summed E-state index contributed by atoms with van der Waals surface area (Å²) >= 11 is 0. The Morgan fingerprint density at radius 3 is 1.24 bits per heavy atom. The number of hydrogen-bond donors (Lipinski definition) is 2. The number of quaternary nitrogens is 1. The number of esters is 1. The third kappa shape index (κ3) is 56.5. The predicted octanol–water partition coefficient (Wildman–Crippen LogP) is 19.7. The van der Waals surface area contributed by atoms with Crippen molar-refractivity contribution in [3.8, 4) is 0 Å². The van der Waals surface area contributed by atoms with Crippen molar-refractivity contribution in [1.82, 2.24) is 5.32 Å². The van der Waals surface area contributed by atoms with Gasteiger partial charge in [0, 0.05) is 12.8 Å². The maximum Gasteiger partial charge on any atom is 0.472 e. The number of phosphoric ester groups is 1. The molecule has 0 spiro atoms. The van der Waals surface area contributed by atoms with E-state index in [1.807, 2.05) is 33.3 Å². The molecule has 9 nitrogen and oxygen atoms in total. The van der Waals surface area contributed by atoms with Gasteiger partial charge in [-0.05, 0) is 89.5 Å². The fourth-order valence-electron chi connectivity index (χ4n) is 9.26. The molecule has 0 aliphatic carbocycles. The highest BCUT2D eigenvalue weighted by Gasteiger charge is 2.30. The summed E-state index contributed by atoms with van der Waals surface area (Å²) in [5.41, 5.74) is 0. The van der Waals surface area contributed by atoms with Crippen molar-refractivity contribution in [3.05, 3.63) is 48.6 Å². The first-order chi connectivity index (χ1) is 36.4. The number of ether oxygens (including phenoxy) is 1. The van der Waals surface area contributed by atoms with E-state index in [0.29, 0.717) is 17.4 Å². The molecule has 0 saturated carbocycles. The fraction of sp³-hybridized carbons (Fsp3) is 0.846. The van der Waals surface area contributed by atoms with Crippen LogP contribution < -0.4 is 5.32 Å². The molecule has 0 aromatic rings. The van der Waals surface area contributed by atoms with Gasteiger partial charge in [-0.25, -0.2) is 4.57 Å². The number of nitrogens with zero attached hydrogens (tertiary/aromatic N) is 1. The lowest BCUT2D eigenvalue weighted by atomic mass is 10.0. The lowest BCUT2D eigenvalue weighted by molar-refractivity contribution is -0.870. The van der Waals surface area contributed by atoms with E-state index in [1.54, 1.807) is 0 Å². The molecule has 0 aliphatic heterocycles. The van der Waals surface area contributed by atoms with E-state index in [-0.39, 0.29) is 31.5 Å². The van der Waals surface area contributed by atoms with Crippen molar-refractivity contribution in [2.45, 2.75) is 315 Å². The quantitative estimate of drug-likeness (QED) is 0.0205. The first kappa shape index (κ1) is 73.0. The summed E-state index contributed by atoms with van der Waals surface area (Å²) in [5, 5.41) is 3.06. The number of carbonyl (C=O) groups is 2. The van der Waals surface area contributed by atoms with Crippen LogP contribution in [0.15, 0.2) is 48.6 Å². The van der Waals surface area contributed by atoms with Crippen LogP contribution in [0.5, 0.6) is 0 Å². The number of phosphoric acid groups is 1. The molecule has 0 saturated heterocycles. The zero-order chi connectivity index (χ0) is 55.0. The molecule has 1 amide bonds. The molecule has 0 aliphatic rings. The standard InChI is InChI=1S/C65H123N2O7P/c1-7-10-13-16-19-22-25-28-30-32-33-35-36-39-42-45-48-51-54-57-64(68)66-62(61-73-75(70,71)72-60-59-67(4,5)6)63(56-53-50-47-44-41-38-27-24-21-18-15-12-9-3)74-65(69)58-55-52-49-46-43-40-37-34-31-29-26-23-20-17-14-11-8-2/h20,23,28-31,53,56,62-63H,7-19,21-22,24-27,32-52,54-55,57-61H2,1-6H3,(H-,66,68,70,71)/p+1/b23-20-,30-28+,31-29-,56-53+. The maximum atomic E-state index is 13.6. The molecule has 0 bridgehead atoms. The second kappa shape index (κ2) is 55.3. The number of amides is 1. The molecule has 75 heavy (non-hydrogen) atoms. The number of carbonyl (C=O) groups excluding carboxylic acids is 2. The number of allylic oxidation sites excluding steroid dienone is 7. The van der Waals surface area contributed by atoms with Crippen LogP contribution in [0.2, 0.25) is 0 Å². The third-order valence-corrected chi connectivity index (χ3v) is 15.2. The molecule has 440 valence electrons. The Morgan fingerprint density at radius 1 is 0.467 bits per heavy atom. The highest BCUT2D eigenvalue weighted by molar-refractivity contribution is 7.47. The first-order valence-electron chi connectivity index (χ1n) is 32.0. The molecule has 3 atom stereocenters. The highest BCUT2D eigenvalue weighted by Crippen LogP contribution is 2.43. The Hall–Kier alpha value is -2.03. The smallest absolute Gasteiger partial charge is 0.456 e. The lowest BCUT2D eigenvalue weighted by Gasteiger charge is -2.27. The van der Waals surface area contributed by atoms with E-state index in [2.05, 4.69) is 62.5 Å². The Kier molecular flexibility index (Phi) is 53.8. The molecule has 0 radical (unpaired) electrons. The van der Waals surface area contributed by atoms with E-state index in [4.69, 9.17) is 13.8 Å². The van der Waals surface area contributed by atoms with Gasteiger partial charge in [0.25, 0.3) is 0 Å². The SMILES string of the molecule is CCCCC/C=C\C/C=C\CCCCCCCCCC(=O)OC(/C=C/CCCCCCCCCCCCC)C(COP(=O)(O)OCC[N+](C)(C)C)NC(=O)CCCCCCCCCCC/C=C/CCCCCCCC. The van der Waals surface area contributed by atoms with Crippen molar-refractivity contribution in [3.63, 3.8) is 0 Å². The number of likely N-dealkylation sites (N-methyl/N-ethyl adjacent to an activating group) is 1. The number of unbranched alkanes of at least 4 members (excludes halogenated alkanes) is 36. The maximum absolute atomic E-state index is 13.6. The van der Waals surface area contributed by atoms with Crippen LogP contribution in [0.3, 0.4) is 0 Å². The molecule has 2 N–H and O–H groups in total. The van der Waals surface area contributed by atoms with Gasteiger partial charge in [-0.2, -0.15) is 0 Å². The molecule has 0 rings (SSSR count). The normalized spacial score (nSPS) is 14.0. The van der Waals surface area contributed by atoms with Crippen LogP contribution in [0.1, 0.15) is 303 Å². The molecular weight excluding hydrogens is 952 g/mol. The monoisotopic (exact) mass is 1080 g/mol. The Labute approximate surface area is 465 Å². The van der Waals surface area contributed by atoms with Gasteiger partial charge in [0.05, 0.1) is 33.8 Å². The summed E-state index contributed by atoms with van der Waals surface area (Å²) in [6.07, 6.45) is 68.1. The molecule has 0 heterocycles. The Bertz CT molecular complexity index is 1420. The number of rotatable bonds is 58. The van der Waals surface area contributed by atoms with Gasteiger partial charge in [-0.1, -0.05) is 250 Å². The zero-order valence-electron chi connectivity index (χ0n) is 50.3. The van der Waals surface area contributed by atoms with Crippen molar-refractivity contribution in [1.29, 1.82) is 0 Å².